The minimum atomic E-state index is -3.38. The Morgan fingerprint density at radius 2 is 1.63 bits per heavy atom. The first kappa shape index (κ1) is 22.0. The fourth-order valence-corrected chi connectivity index (χ4v) is 5.52. The van der Waals surface area contributed by atoms with Gasteiger partial charge in [-0.3, -0.25) is 4.79 Å². The fraction of sp³-hybridized carbons (Fsp3) is 0.773. The summed E-state index contributed by atoms with van der Waals surface area (Å²) in [4.78, 5) is 12.9. The molecule has 30 heavy (non-hydrogen) atoms. The van der Waals surface area contributed by atoms with E-state index in [1.807, 2.05) is 12.1 Å². The van der Waals surface area contributed by atoms with Crippen molar-refractivity contribution in [2.45, 2.75) is 82.6 Å². The molecule has 1 aromatic rings. The summed E-state index contributed by atoms with van der Waals surface area (Å²) < 4.78 is 40.6. The minimum Gasteiger partial charge on any atom is -0.378 e. The lowest BCUT2D eigenvalue weighted by Gasteiger charge is -2.37. The highest BCUT2D eigenvalue weighted by Gasteiger charge is 2.34. The fourth-order valence-electron chi connectivity index (χ4n) is 4.70. The van der Waals surface area contributed by atoms with Crippen LogP contribution in [-0.4, -0.2) is 50.7 Å². The van der Waals surface area contributed by atoms with Crippen LogP contribution in [0.2, 0.25) is 0 Å². The summed E-state index contributed by atoms with van der Waals surface area (Å²) in [5.41, 5.74) is 1.55. The van der Waals surface area contributed by atoms with E-state index in [9.17, 15) is 13.2 Å². The predicted molar refractivity (Wildman–Crippen MR) is 115 cm³/mol. The second kappa shape index (κ2) is 9.10. The Morgan fingerprint density at radius 3 is 2.23 bits per heavy atom. The topological polar surface area (TPSA) is 86.6 Å². The highest BCUT2D eigenvalue weighted by atomic mass is 32.2. The minimum absolute atomic E-state index is 0.0571. The molecular formula is C22H34N2O5S. The number of nitrogens with zero attached hydrogens (tertiary/aromatic N) is 1. The molecule has 2 heterocycles. The standard InChI is InChI=1S/C22H34N2O5S/c1-15-3-6-17-7-12-20(23-30(2,26)27)21(24(17)22(15)25)14-29-19-10-8-18(9-11-19)28-13-16-4-5-16/h3,6,16,18-21,23H,4-5,7-14H2,1-2H3. The van der Waals surface area contributed by atoms with Gasteiger partial charge in [0.15, 0.2) is 0 Å². The monoisotopic (exact) mass is 438 g/mol. The van der Waals surface area contributed by atoms with Gasteiger partial charge in [-0.2, -0.15) is 0 Å². The summed E-state index contributed by atoms with van der Waals surface area (Å²) in [6.07, 6.45) is 9.48. The van der Waals surface area contributed by atoms with Gasteiger partial charge in [0, 0.05) is 23.9 Å². The number of hydrogen-bond donors (Lipinski definition) is 1. The maximum absolute atomic E-state index is 12.9. The number of sulfonamides is 1. The number of aryl methyl sites for hydroxylation is 2. The zero-order valence-corrected chi connectivity index (χ0v) is 18.8. The number of aromatic nitrogens is 1. The van der Waals surface area contributed by atoms with Crippen LogP contribution in [0.3, 0.4) is 0 Å². The van der Waals surface area contributed by atoms with Crippen LogP contribution >= 0.6 is 0 Å². The zero-order chi connectivity index (χ0) is 21.3. The van der Waals surface area contributed by atoms with Gasteiger partial charge in [-0.1, -0.05) is 6.07 Å². The molecule has 0 bridgehead atoms. The number of hydrogen-bond acceptors (Lipinski definition) is 5. The van der Waals surface area contributed by atoms with Crippen LogP contribution in [0.15, 0.2) is 16.9 Å². The molecule has 0 spiro atoms. The molecule has 3 aliphatic rings. The van der Waals surface area contributed by atoms with Crippen LogP contribution < -0.4 is 10.3 Å². The zero-order valence-electron chi connectivity index (χ0n) is 18.0. The molecule has 1 aliphatic heterocycles. The molecular weight excluding hydrogens is 404 g/mol. The van der Waals surface area contributed by atoms with Crippen LogP contribution in [0.4, 0.5) is 0 Å². The largest absolute Gasteiger partial charge is 0.378 e. The molecule has 7 nitrogen and oxygen atoms in total. The molecule has 0 radical (unpaired) electrons. The van der Waals surface area contributed by atoms with Crippen molar-refractivity contribution < 1.29 is 17.9 Å². The molecule has 4 rings (SSSR count). The SMILES string of the molecule is Cc1ccc2n(c1=O)C(COC1CCC(OCC3CC3)CC1)C(NS(C)(=O)=O)CC2. The lowest BCUT2D eigenvalue weighted by atomic mass is 9.94. The Hall–Kier alpha value is -1.22. The molecule has 8 heteroatoms. The first-order valence-electron chi connectivity index (χ1n) is 11.2. The molecule has 2 atom stereocenters. The highest BCUT2D eigenvalue weighted by molar-refractivity contribution is 7.88. The summed E-state index contributed by atoms with van der Waals surface area (Å²) in [5.74, 6) is 0.784. The summed E-state index contributed by atoms with van der Waals surface area (Å²) in [5, 5.41) is 0. The van der Waals surface area contributed by atoms with Crippen molar-refractivity contribution in [3.8, 4) is 0 Å². The molecule has 2 unspecified atom stereocenters. The van der Waals surface area contributed by atoms with Crippen molar-refractivity contribution in [3.63, 3.8) is 0 Å². The maximum atomic E-state index is 12.9. The normalized spacial score (nSPS) is 29.5. The molecule has 1 aromatic heterocycles. The van der Waals surface area contributed by atoms with Gasteiger partial charge in [-0.15, -0.1) is 0 Å². The number of ether oxygens (including phenoxy) is 2. The van der Waals surface area contributed by atoms with Crippen LogP contribution in [0.25, 0.3) is 0 Å². The Kier molecular flexibility index (Phi) is 6.67. The van der Waals surface area contributed by atoms with Gasteiger partial charge in [0.25, 0.3) is 5.56 Å². The summed E-state index contributed by atoms with van der Waals surface area (Å²) in [6.45, 7) is 3.03. The average molecular weight is 439 g/mol. The van der Waals surface area contributed by atoms with Crippen molar-refractivity contribution in [2.24, 2.45) is 5.92 Å². The van der Waals surface area contributed by atoms with Crippen molar-refractivity contribution in [1.29, 1.82) is 0 Å². The van der Waals surface area contributed by atoms with Crippen molar-refractivity contribution >= 4 is 10.0 Å². The summed E-state index contributed by atoms with van der Waals surface area (Å²) in [6, 6.07) is 3.15. The molecule has 2 aliphatic carbocycles. The van der Waals surface area contributed by atoms with Crippen molar-refractivity contribution in [3.05, 3.63) is 33.7 Å². The number of pyridine rings is 1. The summed E-state index contributed by atoms with van der Waals surface area (Å²) >= 11 is 0. The summed E-state index contributed by atoms with van der Waals surface area (Å²) in [7, 11) is -3.38. The highest BCUT2D eigenvalue weighted by Crippen LogP contribution is 2.32. The van der Waals surface area contributed by atoms with E-state index in [1.54, 1.807) is 11.5 Å². The molecule has 1 N–H and O–H groups in total. The van der Waals surface area contributed by atoms with E-state index in [1.165, 1.54) is 19.1 Å². The predicted octanol–water partition coefficient (Wildman–Crippen LogP) is 2.32. The van der Waals surface area contributed by atoms with Gasteiger partial charge in [-0.05, 0) is 70.3 Å². The Labute approximate surface area is 179 Å². The molecule has 0 amide bonds. The van der Waals surface area contributed by atoms with Gasteiger partial charge in [0.2, 0.25) is 10.0 Å². The van der Waals surface area contributed by atoms with Gasteiger partial charge >= 0.3 is 0 Å². The number of fused-ring (bicyclic) bond motifs is 1. The Morgan fingerprint density at radius 1 is 1.00 bits per heavy atom. The van der Waals surface area contributed by atoms with E-state index < -0.39 is 10.0 Å². The molecule has 0 saturated heterocycles. The second-order valence-corrected chi connectivity index (χ2v) is 11.1. The lowest BCUT2D eigenvalue weighted by Crippen LogP contribution is -2.49. The smallest absolute Gasteiger partial charge is 0.254 e. The average Bonchev–Trinajstić information content (AvgIpc) is 3.52. The van der Waals surface area contributed by atoms with Crippen LogP contribution in [0.1, 0.15) is 62.2 Å². The van der Waals surface area contributed by atoms with Crippen LogP contribution in [-0.2, 0) is 25.9 Å². The van der Waals surface area contributed by atoms with E-state index >= 15 is 0 Å². The van der Waals surface area contributed by atoms with Gasteiger partial charge in [0.1, 0.15) is 0 Å². The molecule has 2 fully saturated rings. The van der Waals surface area contributed by atoms with Gasteiger partial charge in [-0.25, -0.2) is 13.1 Å². The first-order valence-corrected chi connectivity index (χ1v) is 13.1. The third-order valence-electron chi connectivity index (χ3n) is 6.65. The first-order chi connectivity index (χ1) is 14.3. The Bertz CT molecular complexity index is 901. The van der Waals surface area contributed by atoms with E-state index in [0.717, 1.165) is 43.9 Å². The molecule has 0 aromatic carbocycles. The lowest BCUT2D eigenvalue weighted by molar-refractivity contribution is -0.0442. The third-order valence-corrected chi connectivity index (χ3v) is 7.38. The Balaban J connectivity index is 1.41. The van der Waals surface area contributed by atoms with Crippen LogP contribution in [0.5, 0.6) is 0 Å². The molecule has 2 saturated carbocycles. The molecule has 168 valence electrons. The third kappa shape index (κ3) is 5.52. The van der Waals surface area contributed by atoms with E-state index in [4.69, 9.17) is 9.47 Å². The quantitative estimate of drug-likeness (QED) is 0.673. The van der Waals surface area contributed by atoms with E-state index in [0.29, 0.717) is 31.1 Å². The second-order valence-electron chi connectivity index (χ2n) is 9.29. The van der Waals surface area contributed by atoms with Gasteiger partial charge in [0.05, 0.1) is 31.1 Å². The number of rotatable bonds is 8. The van der Waals surface area contributed by atoms with E-state index in [2.05, 4.69) is 4.72 Å². The maximum Gasteiger partial charge on any atom is 0.254 e. The van der Waals surface area contributed by atoms with Gasteiger partial charge < -0.3 is 14.0 Å². The van der Waals surface area contributed by atoms with Crippen LogP contribution in [0, 0.1) is 12.8 Å². The van der Waals surface area contributed by atoms with E-state index in [-0.39, 0.29) is 23.7 Å². The van der Waals surface area contributed by atoms with Crippen molar-refractivity contribution in [1.82, 2.24) is 9.29 Å². The van der Waals surface area contributed by atoms with Crippen molar-refractivity contribution in [2.75, 3.05) is 19.5 Å². The number of nitrogens with one attached hydrogen (secondary N) is 1.